The van der Waals surface area contributed by atoms with Gasteiger partial charge in [-0.3, -0.25) is 0 Å². The van der Waals surface area contributed by atoms with Crippen molar-refractivity contribution < 1.29 is 0 Å². The van der Waals surface area contributed by atoms with Crippen molar-refractivity contribution in [3.05, 3.63) is 34.9 Å². The minimum atomic E-state index is 0.549. The molecule has 0 saturated heterocycles. The van der Waals surface area contributed by atoms with Crippen LogP contribution in [-0.4, -0.2) is 0 Å². The molecule has 1 aromatic carbocycles. The molecule has 53 valence electrons. The van der Waals surface area contributed by atoms with E-state index in [4.69, 9.17) is 19.3 Å². The summed E-state index contributed by atoms with van der Waals surface area (Å²) in [5, 5.41) is 0. The topological polar surface area (TPSA) is 0 Å². The maximum atomic E-state index is 5.24. The molecule has 0 unspecified atom stereocenters. The smallest absolute Gasteiger partial charge is 0.0561 e. The van der Waals surface area contributed by atoms with Crippen LogP contribution in [0, 0.1) is 43.1 Å². The molecule has 0 aromatic heterocycles. The highest BCUT2D eigenvalue weighted by Gasteiger charge is 2.00. The lowest BCUT2D eigenvalue weighted by molar-refractivity contribution is 1.53. The third-order valence-electron chi connectivity index (χ3n) is 1.44. The summed E-state index contributed by atoms with van der Waals surface area (Å²) in [5.74, 6) is 7.34. The van der Waals surface area contributed by atoms with Crippen molar-refractivity contribution in [2.45, 2.75) is 0 Å². The van der Waals surface area contributed by atoms with Crippen LogP contribution in [0.15, 0.2) is 12.1 Å². The molecular formula is C12H5. The second-order valence-corrected chi connectivity index (χ2v) is 2.07. The van der Waals surface area contributed by atoms with Gasteiger partial charge in [-0.15, -0.1) is 19.3 Å². The predicted octanol–water partition coefficient (Wildman–Crippen LogP) is 1.43. The number of benzene rings is 1. The molecule has 0 nitrogen and oxygen atoms in total. The lowest BCUT2D eigenvalue weighted by atomic mass is 10.0. The van der Waals surface area contributed by atoms with E-state index in [1.54, 1.807) is 12.1 Å². The molecular weight excluding hydrogens is 144 g/mol. The van der Waals surface area contributed by atoms with Gasteiger partial charge in [0.15, 0.2) is 0 Å². The van der Waals surface area contributed by atoms with Crippen LogP contribution in [0.5, 0.6) is 0 Å². The van der Waals surface area contributed by atoms with E-state index in [0.717, 1.165) is 0 Å². The quantitative estimate of drug-likeness (QED) is 0.489. The van der Waals surface area contributed by atoms with Gasteiger partial charge < -0.3 is 0 Å². The van der Waals surface area contributed by atoms with E-state index >= 15 is 0 Å². The molecule has 0 bridgehead atoms. The molecule has 0 aliphatic rings. The Balaban J connectivity index is 3.51. The molecule has 0 aliphatic carbocycles. The summed E-state index contributed by atoms with van der Waals surface area (Å²) in [7, 11) is 0. The standard InChI is InChI=1S/C12H5/c1-4-10-8-7-9-11(5-2)12(10)6-3/h1-3,7-8H. The summed E-state index contributed by atoms with van der Waals surface area (Å²) >= 11 is 0. The minimum absolute atomic E-state index is 0.549. The van der Waals surface area contributed by atoms with Crippen molar-refractivity contribution in [3.63, 3.8) is 0 Å². The van der Waals surface area contributed by atoms with Gasteiger partial charge in [0.1, 0.15) is 0 Å². The van der Waals surface area contributed by atoms with E-state index < -0.39 is 0 Å². The molecule has 0 amide bonds. The van der Waals surface area contributed by atoms with Crippen molar-refractivity contribution >= 4 is 0 Å². The molecule has 0 aliphatic heterocycles. The zero-order valence-electron chi connectivity index (χ0n) is 6.39. The normalized spacial score (nSPS) is 7.75. The van der Waals surface area contributed by atoms with Gasteiger partial charge in [0.05, 0.1) is 5.56 Å². The fraction of sp³-hybridized carbons (Fsp3) is 0. The number of terminal acetylenes is 3. The lowest BCUT2D eigenvalue weighted by Gasteiger charge is -1.98. The third-order valence-corrected chi connectivity index (χ3v) is 1.44. The molecule has 0 fully saturated rings. The lowest BCUT2D eigenvalue weighted by Crippen LogP contribution is -1.88. The second-order valence-electron chi connectivity index (χ2n) is 2.07. The maximum Gasteiger partial charge on any atom is 0.0561 e. The summed E-state index contributed by atoms with van der Waals surface area (Å²) in [6.45, 7) is 0. The van der Waals surface area contributed by atoms with Crippen LogP contribution in [0.25, 0.3) is 0 Å². The molecule has 1 radical (unpaired) electrons. The van der Waals surface area contributed by atoms with E-state index in [2.05, 4.69) is 23.8 Å². The monoisotopic (exact) mass is 149 g/mol. The molecule has 0 saturated carbocycles. The van der Waals surface area contributed by atoms with Crippen LogP contribution in [0.1, 0.15) is 16.7 Å². The fourth-order valence-corrected chi connectivity index (χ4v) is 0.883. The van der Waals surface area contributed by atoms with Gasteiger partial charge in [-0.25, -0.2) is 0 Å². The number of rotatable bonds is 0. The molecule has 0 heteroatoms. The number of hydrogen-bond donors (Lipinski definition) is 0. The molecule has 0 atom stereocenters. The predicted molar refractivity (Wildman–Crippen MR) is 49.1 cm³/mol. The van der Waals surface area contributed by atoms with Crippen molar-refractivity contribution in [2.24, 2.45) is 0 Å². The van der Waals surface area contributed by atoms with Crippen molar-refractivity contribution in [3.8, 4) is 37.0 Å². The Morgan fingerprint density at radius 1 is 1.08 bits per heavy atom. The average Bonchev–Trinajstić information content (AvgIpc) is 2.16. The highest BCUT2D eigenvalue weighted by atomic mass is 14.0. The molecule has 12 heavy (non-hydrogen) atoms. The Morgan fingerprint density at radius 3 is 2.33 bits per heavy atom. The second kappa shape index (κ2) is 3.34. The largest absolute Gasteiger partial charge is 0.115 e. The SMILES string of the molecule is C#Cc1[c]ccc(C#C)c1C#C. The average molecular weight is 149 g/mol. The molecule has 0 heterocycles. The third kappa shape index (κ3) is 1.17. The Morgan fingerprint density at radius 2 is 1.83 bits per heavy atom. The van der Waals surface area contributed by atoms with E-state index in [1.807, 2.05) is 0 Å². The summed E-state index contributed by atoms with van der Waals surface area (Å²) in [4.78, 5) is 0. The van der Waals surface area contributed by atoms with E-state index in [1.165, 1.54) is 0 Å². The van der Waals surface area contributed by atoms with Crippen molar-refractivity contribution in [1.29, 1.82) is 0 Å². The highest BCUT2D eigenvalue weighted by Crippen LogP contribution is 2.10. The van der Waals surface area contributed by atoms with Crippen LogP contribution in [0.3, 0.4) is 0 Å². The zero-order chi connectivity index (χ0) is 8.97. The summed E-state index contributed by atoms with van der Waals surface area (Å²) in [6.07, 6.45) is 15.7. The van der Waals surface area contributed by atoms with Crippen molar-refractivity contribution in [1.82, 2.24) is 0 Å². The Bertz CT molecular complexity index is 385. The van der Waals surface area contributed by atoms with E-state index in [9.17, 15) is 0 Å². The zero-order valence-corrected chi connectivity index (χ0v) is 6.39. The van der Waals surface area contributed by atoms with Gasteiger partial charge in [-0.1, -0.05) is 23.8 Å². The maximum absolute atomic E-state index is 5.24. The van der Waals surface area contributed by atoms with Crippen LogP contribution in [0.4, 0.5) is 0 Å². The van der Waals surface area contributed by atoms with Gasteiger partial charge in [-0.2, -0.15) is 0 Å². The van der Waals surface area contributed by atoms with Crippen LogP contribution < -0.4 is 0 Å². The van der Waals surface area contributed by atoms with Gasteiger partial charge >= 0.3 is 0 Å². The first kappa shape index (κ1) is 8.00. The molecule has 1 aromatic rings. The van der Waals surface area contributed by atoms with Gasteiger partial charge in [0.25, 0.3) is 0 Å². The molecule has 0 N–H and O–H groups in total. The first-order valence-electron chi connectivity index (χ1n) is 3.28. The Labute approximate surface area is 72.6 Å². The van der Waals surface area contributed by atoms with Crippen molar-refractivity contribution in [2.75, 3.05) is 0 Å². The summed E-state index contributed by atoms with van der Waals surface area (Å²) in [6, 6.07) is 6.23. The Hall–Kier alpha value is -2.10. The summed E-state index contributed by atoms with van der Waals surface area (Å²) in [5.41, 5.74) is 1.76. The van der Waals surface area contributed by atoms with Gasteiger partial charge in [0, 0.05) is 11.1 Å². The van der Waals surface area contributed by atoms with Gasteiger partial charge in [-0.05, 0) is 12.1 Å². The first-order chi connectivity index (χ1) is 5.83. The van der Waals surface area contributed by atoms with Crippen LogP contribution in [-0.2, 0) is 0 Å². The first-order valence-corrected chi connectivity index (χ1v) is 3.28. The Kier molecular flexibility index (Phi) is 2.23. The fourth-order valence-electron chi connectivity index (χ4n) is 0.883. The van der Waals surface area contributed by atoms with E-state index in [0.29, 0.717) is 16.7 Å². The molecule has 0 spiro atoms. The van der Waals surface area contributed by atoms with Gasteiger partial charge in [0.2, 0.25) is 0 Å². The van der Waals surface area contributed by atoms with Crippen LogP contribution in [0.2, 0.25) is 0 Å². The molecule has 1 rings (SSSR count). The minimum Gasteiger partial charge on any atom is -0.115 e. The van der Waals surface area contributed by atoms with Crippen LogP contribution >= 0.6 is 0 Å². The number of hydrogen-bond acceptors (Lipinski definition) is 0. The summed E-state index contributed by atoms with van der Waals surface area (Å²) < 4.78 is 0. The highest BCUT2D eigenvalue weighted by molar-refractivity contribution is 5.57. The van der Waals surface area contributed by atoms with E-state index in [-0.39, 0.29) is 0 Å².